The first-order valence-corrected chi connectivity index (χ1v) is 7.52. The van der Waals surface area contributed by atoms with Crippen LogP contribution in [0.25, 0.3) is 0 Å². The molecule has 2 aromatic rings. The van der Waals surface area contributed by atoms with E-state index in [0.29, 0.717) is 19.6 Å². The van der Waals surface area contributed by atoms with E-state index in [2.05, 4.69) is 9.88 Å². The zero-order chi connectivity index (χ0) is 15.4. The molecule has 122 valence electrons. The topological polar surface area (TPSA) is 62.5 Å². The van der Waals surface area contributed by atoms with Crippen molar-refractivity contribution in [2.45, 2.75) is 6.54 Å². The number of carbonyl (C=O) groups excluding carboxylic acids is 1. The van der Waals surface area contributed by atoms with E-state index in [1.54, 1.807) is 6.20 Å². The van der Waals surface area contributed by atoms with Crippen molar-refractivity contribution in [2.24, 2.45) is 5.73 Å². The number of rotatable bonds is 3. The monoisotopic (exact) mass is 332 g/mol. The van der Waals surface area contributed by atoms with Gasteiger partial charge in [0.1, 0.15) is 5.82 Å². The van der Waals surface area contributed by atoms with Crippen LogP contribution in [0.4, 0.5) is 5.82 Å². The highest BCUT2D eigenvalue weighted by Crippen LogP contribution is 2.14. The standard InChI is InChI=1S/C17H20N4O.ClH/c18-13-14-4-6-15(7-5-14)17(22)21-11-9-20(10-12-21)16-3-1-2-8-19-16;/h1-8H,9-13,18H2;1H. The van der Waals surface area contributed by atoms with Crippen molar-refractivity contribution in [3.05, 3.63) is 59.8 Å². The predicted octanol–water partition coefficient (Wildman–Crippen LogP) is 1.92. The quantitative estimate of drug-likeness (QED) is 0.933. The van der Waals surface area contributed by atoms with Crippen LogP contribution in [0.2, 0.25) is 0 Å². The summed E-state index contributed by atoms with van der Waals surface area (Å²) in [5.74, 6) is 1.06. The second-order valence-corrected chi connectivity index (χ2v) is 5.37. The molecule has 1 aromatic carbocycles. The molecule has 2 N–H and O–H groups in total. The summed E-state index contributed by atoms with van der Waals surface area (Å²) < 4.78 is 0. The molecule has 1 amide bonds. The highest BCUT2D eigenvalue weighted by Gasteiger charge is 2.22. The van der Waals surface area contributed by atoms with Crippen molar-refractivity contribution < 1.29 is 4.79 Å². The highest BCUT2D eigenvalue weighted by atomic mass is 35.5. The zero-order valence-electron chi connectivity index (χ0n) is 12.9. The molecule has 1 aliphatic heterocycles. The third-order valence-corrected chi connectivity index (χ3v) is 3.98. The number of aromatic nitrogens is 1. The average Bonchev–Trinajstić information content (AvgIpc) is 2.62. The Labute approximate surface area is 142 Å². The van der Waals surface area contributed by atoms with E-state index >= 15 is 0 Å². The number of hydrogen-bond acceptors (Lipinski definition) is 4. The van der Waals surface area contributed by atoms with Gasteiger partial charge >= 0.3 is 0 Å². The lowest BCUT2D eigenvalue weighted by Crippen LogP contribution is -2.49. The first kappa shape index (κ1) is 17.2. The summed E-state index contributed by atoms with van der Waals surface area (Å²) in [7, 11) is 0. The van der Waals surface area contributed by atoms with E-state index < -0.39 is 0 Å². The van der Waals surface area contributed by atoms with Crippen LogP contribution in [-0.4, -0.2) is 42.0 Å². The van der Waals surface area contributed by atoms with Crippen LogP contribution >= 0.6 is 12.4 Å². The molecule has 1 aliphatic rings. The van der Waals surface area contributed by atoms with E-state index in [1.807, 2.05) is 47.4 Å². The Morgan fingerprint density at radius 1 is 1.04 bits per heavy atom. The molecule has 6 heteroatoms. The maximum Gasteiger partial charge on any atom is 0.253 e. The molecule has 23 heavy (non-hydrogen) atoms. The number of pyridine rings is 1. The predicted molar refractivity (Wildman–Crippen MR) is 93.9 cm³/mol. The molecule has 5 nitrogen and oxygen atoms in total. The lowest BCUT2D eigenvalue weighted by molar-refractivity contribution is 0.0746. The van der Waals surface area contributed by atoms with Gasteiger partial charge in [0.05, 0.1) is 0 Å². The Bertz CT molecular complexity index is 625. The lowest BCUT2D eigenvalue weighted by atomic mass is 10.1. The molecule has 0 aliphatic carbocycles. The zero-order valence-corrected chi connectivity index (χ0v) is 13.7. The van der Waals surface area contributed by atoms with E-state index in [-0.39, 0.29) is 18.3 Å². The fourth-order valence-corrected chi connectivity index (χ4v) is 2.65. The van der Waals surface area contributed by atoms with Gasteiger partial charge in [-0.25, -0.2) is 4.98 Å². The summed E-state index contributed by atoms with van der Waals surface area (Å²) in [6.45, 7) is 3.55. The molecular formula is C17H21ClN4O. The fourth-order valence-electron chi connectivity index (χ4n) is 2.65. The Kier molecular flexibility index (Phi) is 5.96. The molecule has 0 radical (unpaired) electrons. The fraction of sp³-hybridized carbons (Fsp3) is 0.294. The number of anilines is 1. The Morgan fingerprint density at radius 2 is 1.74 bits per heavy atom. The number of carbonyl (C=O) groups is 1. The average molecular weight is 333 g/mol. The number of hydrogen-bond donors (Lipinski definition) is 1. The SMILES string of the molecule is Cl.NCc1ccc(C(=O)N2CCN(c3ccccn3)CC2)cc1. The van der Waals surface area contributed by atoms with Gasteiger partial charge in [-0.3, -0.25) is 4.79 Å². The number of amides is 1. The Hall–Kier alpha value is -2.11. The van der Waals surface area contributed by atoms with Gasteiger partial charge < -0.3 is 15.5 Å². The molecule has 0 spiro atoms. The smallest absolute Gasteiger partial charge is 0.253 e. The first-order chi connectivity index (χ1) is 10.8. The van der Waals surface area contributed by atoms with Crippen molar-refractivity contribution in [2.75, 3.05) is 31.1 Å². The number of piperazine rings is 1. The number of nitrogens with zero attached hydrogens (tertiary/aromatic N) is 3. The molecule has 0 saturated carbocycles. The van der Waals surface area contributed by atoms with Gasteiger partial charge in [-0.1, -0.05) is 18.2 Å². The van der Waals surface area contributed by atoms with E-state index in [0.717, 1.165) is 30.0 Å². The van der Waals surface area contributed by atoms with Crippen LogP contribution in [0.1, 0.15) is 15.9 Å². The number of nitrogens with two attached hydrogens (primary N) is 1. The van der Waals surface area contributed by atoms with Crippen molar-refractivity contribution >= 4 is 24.1 Å². The third-order valence-electron chi connectivity index (χ3n) is 3.98. The largest absolute Gasteiger partial charge is 0.353 e. The Balaban J connectivity index is 0.00000192. The molecule has 1 fully saturated rings. The summed E-state index contributed by atoms with van der Waals surface area (Å²) in [5.41, 5.74) is 7.35. The van der Waals surface area contributed by atoms with Crippen LogP contribution in [0.15, 0.2) is 48.7 Å². The van der Waals surface area contributed by atoms with E-state index in [4.69, 9.17) is 5.73 Å². The normalized spacial score (nSPS) is 14.3. The third kappa shape index (κ3) is 4.00. The van der Waals surface area contributed by atoms with Crippen LogP contribution in [0, 0.1) is 0 Å². The summed E-state index contributed by atoms with van der Waals surface area (Å²) in [4.78, 5) is 21.0. The van der Waals surface area contributed by atoms with Crippen molar-refractivity contribution in [1.82, 2.24) is 9.88 Å². The molecule has 0 unspecified atom stereocenters. The van der Waals surface area contributed by atoms with Crippen molar-refractivity contribution in [1.29, 1.82) is 0 Å². The molecular weight excluding hydrogens is 312 g/mol. The Morgan fingerprint density at radius 3 is 2.30 bits per heavy atom. The maximum atomic E-state index is 12.5. The van der Waals surface area contributed by atoms with E-state index in [1.165, 1.54) is 0 Å². The molecule has 2 heterocycles. The highest BCUT2D eigenvalue weighted by molar-refractivity contribution is 5.94. The van der Waals surface area contributed by atoms with Crippen LogP contribution in [0.3, 0.4) is 0 Å². The minimum Gasteiger partial charge on any atom is -0.353 e. The number of halogens is 1. The van der Waals surface area contributed by atoms with Crippen LogP contribution < -0.4 is 10.6 Å². The van der Waals surface area contributed by atoms with Gasteiger partial charge in [0.2, 0.25) is 0 Å². The first-order valence-electron chi connectivity index (χ1n) is 7.52. The summed E-state index contributed by atoms with van der Waals surface area (Å²) >= 11 is 0. The second kappa shape index (κ2) is 7.94. The van der Waals surface area contributed by atoms with Crippen LogP contribution in [-0.2, 0) is 6.54 Å². The second-order valence-electron chi connectivity index (χ2n) is 5.37. The molecule has 1 saturated heterocycles. The minimum atomic E-state index is 0. The number of benzene rings is 1. The van der Waals surface area contributed by atoms with Gasteiger partial charge in [-0.05, 0) is 29.8 Å². The van der Waals surface area contributed by atoms with E-state index in [9.17, 15) is 4.79 Å². The van der Waals surface area contributed by atoms with Gasteiger partial charge in [0.15, 0.2) is 0 Å². The summed E-state index contributed by atoms with van der Waals surface area (Å²) in [6, 6.07) is 13.4. The van der Waals surface area contributed by atoms with Crippen molar-refractivity contribution in [3.63, 3.8) is 0 Å². The van der Waals surface area contributed by atoms with Crippen molar-refractivity contribution in [3.8, 4) is 0 Å². The van der Waals surface area contributed by atoms with Crippen LogP contribution in [0.5, 0.6) is 0 Å². The summed E-state index contributed by atoms with van der Waals surface area (Å²) in [5, 5.41) is 0. The minimum absolute atomic E-state index is 0. The molecule has 0 bridgehead atoms. The molecule has 0 atom stereocenters. The lowest BCUT2D eigenvalue weighted by Gasteiger charge is -2.35. The molecule has 1 aromatic heterocycles. The van der Waals surface area contributed by atoms with Gasteiger partial charge in [-0.2, -0.15) is 0 Å². The summed E-state index contributed by atoms with van der Waals surface area (Å²) in [6.07, 6.45) is 1.80. The molecule has 3 rings (SSSR count). The van der Waals surface area contributed by atoms with Gasteiger partial charge in [-0.15, -0.1) is 12.4 Å². The van der Waals surface area contributed by atoms with Gasteiger partial charge in [0, 0.05) is 44.5 Å². The van der Waals surface area contributed by atoms with Gasteiger partial charge in [0.25, 0.3) is 5.91 Å². The maximum absolute atomic E-state index is 12.5.